The average molecular weight is 246 g/mol. The van der Waals surface area contributed by atoms with E-state index in [4.69, 9.17) is 10.00 Å². The van der Waals surface area contributed by atoms with Crippen LogP contribution in [0.2, 0.25) is 0 Å². The molecular formula is C14H18N2O2. The quantitative estimate of drug-likeness (QED) is 0.868. The molecule has 0 aliphatic heterocycles. The lowest BCUT2D eigenvalue weighted by molar-refractivity contribution is 0.0953. The molecule has 4 heteroatoms. The zero-order valence-electron chi connectivity index (χ0n) is 11.0. The summed E-state index contributed by atoms with van der Waals surface area (Å²) in [5.74, 6) is 0.351. The molecule has 1 amide bonds. The summed E-state index contributed by atoms with van der Waals surface area (Å²) in [4.78, 5) is 11.7. The number of nitriles is 1. The number of hydrogen-bond donors (Lipinski definition) is 1. The maximum Gasteiger partial charge on any atom is 0.251 e. The van der Waals surface area contributed by atoms with E-state index in [2.05, 4.69) is 5.32 Å². The Labute approximate surface area is 108 Å². The van der Waals surface area contributed by atoms with Crippen LogP contribution in [0.4, 0.5) is 0 Å². The van der Waals surface area contributed by atoms with Gasteiger partial charge in [-0.2, -0.15) is 5.26 Å². The molecule has 0 spiro atoms. The van der Waals surface area contributed by atoms with E-state index in [1.807, 2.05) is 26.8 Å². The highest BCUT2D eigenvalue weighted by molar-refractivity contribution is 5.94. The van der Waals surface area contributed by atoms with Crippen LogP contribution in [0, 0.1) is 11.3 Å². The molecule has 1 aromatic carbocycles. The summed E-state index contributed by atoms with van der Waals surface area (Å²) in [6, 6.07) is 6.94. The van der Waals surface area contributed by atoms with Gasteiger partial charge < -0.3 is 10.1 Å². The second-order valence-electron chi connectivity index (χ2n) is 4.25. The lowest BCUT2D eigenvalue weighted by atomic mass is 10.1. The molecule has 0 aliphatic carbocycles. The molecule has 0 aliphatic rings. The van der Waals surface area contributed by atoms with Crippen LogP contribution in [0.15, 0.2) is 18.2 Å². The molecule has 1 rings (SSSR count). The van der Waals surface area contributed by atoms with Gasteiger partial charge >= 0.3 is 0 Å². The zero-order chi connectivity index (χ0) is 13.5. The molecule has 1 N–H and O–H groups in total. The van der Waals surface area contributed by atoms with Crippen LogP contribution in [0.25, 0.3) is 0 Å². The monoisotopic (exact) mass is 246 g/mol. The lowest BCUT2D eigenvalue weighted by Crippen LogP contribution is -2.24. The smallest absolute Gasteiger partial charge is 0.251 e. The molecule has 0 bridgehead atoms. The second-order valence-corrected chi connectivity index (χ2v) is 4.25. The summed E-state index contributed by atoms with van der Waals surface area (Å²) >= 11 is 0. The third kappa shape index (κ3) is 3.77. The van der Waals surface area contributed by atoms with Gasteiger partial charge in [-0.15, -0.1) is 0 Å². The molecule has 4 nitrogen and oxygen atoms in total. The number of nitrogens with one attached hydrogen (secondary N) is 1. The summed E-state index contributed by atoms with van der Waals surface area (Å²) in [6.45, 7) is 6.40. The minimum absolute atomic E-state index is 0.00290. The van der Waals surface area contributed by atoms with E-state index in [0.29, 0.717) is 23.4 Å². The third-order valence-electron chi connectivity index (χ3n) is 2.26. The largest absolute Gasteiger partial charge is 0.490 e. The predicted molar refractivity (Wildman–Crippen MR) is 69.5 cm³/mol. The van der Waals surface area contributed by atoms with Gasteiger partial charge in [0.05, 0.1) is 11.7 Å². The Bertz CT molecular complexity index is 461. The Balaban J connectivity index is 2.92. The number of carbonyl (C=O) groups is 1. The van der Waals surface area contributed by atoms with Crippen molar-refractivity contribution in [1.29, 1.82) is 5.26 Å². The zero-order valence-corrected chi connectivity index (χ0v) is 11.0. The van der Waals surface area contributed by atoms with Crippen LogP contribution in [-0.2, 0) is 0 Å². The third-order valence-corrected chi connectivity index (χ3v) is 2.26. The number of rotatable bonds is 5. The Hall–Kier alpha value is -2.02. The maximum atomic E-state index is 11.7. The minimum Gasteiger partial charge on any atom is -0.490 e. The molecule has 1 aromatic rings. The fourth-order valence-corrected chi connectivity index (χ4v) is 1.46. The van der Waals surface area contributed by atoms with Crippen molar-refractivity contribution in [3.63, 3.8) is 0 Å². The van der Waals surface area contributed by atoms with E-state index in [1.54, 1.807) is 18.2 Å². The van der Waals surface area contributed by atoms with E-state index in [0.717, 1.165) is 6.42 Å². The number of nitrogens with zero attached hydrogens (tertiary/aromatic N) is 1. The highest BCUT2D eigenvalue weighted by atomic mass is 16.5. The Kier molecular flexibility index (Phi) is 5.19. The lowest BCUT2D eigenvalue weighted by Gasteiger charge is -2.12. The predicted octanol–water partition coefficient (Wildman–Crippen LogP) is 2.49. The first kappa shape index (κ1) is 14.0. The van der Waals surface area contributed by atoms with Crippen LogP contribution < -0.4 is 10.1 Å². The maximum absolute atomic E-state index is 11.7. The van der Waals surface area contributed by atoms with E-state index < -0.39 is 0 Å². The molecule has 96 valence electrons. The molecule has 0 heterocycles. The van der Waals surface area contributed by atoms with Crippen molar-refractivity contribution in [2.75, 3.05) is 6.54 Å². The number of hydrogen-bond acceptors (Lipinski definition) is 3. The molecule has 0 atom stereocenters. The molecule has 0 radical (unpaired) electrons. The van der Waals surface area contributed by atoms with Crippen molar-refractivity contribution in [1.82, 2.24) is 5.32 Å². The number of benzene rings is 1. The van der Waals surface area contributed by atoms with Gasteiger partial charge in [-0.1, -0.05) is 6.92 Å². The van der Waals surface area contributed by atoms with Crippen molar-refractivity contribution in [2.45, 2.75) is 33.3 Å². The highest BCUT2D eigenvalue weighted by Gasteiger charge is 2.10. The number of amides is 1. The van der Waals surface area contributed by atoms with E-state index in [-0.39, 0.29) is 12.0 Å². The van der Waals surface area contributed by atoms with Crippen molar-refractivity contribution >= 4 is 5.91 Å². The molecule has 0 saturated carbocycles. The second kappa shape index (κ2) is 6.65. The summed E-state index contributed by atoms with van der Waals surface area (Å²) in [5, 5.41) is 11.8. The summed E-state index contributed by atoms with van der Waals surface area (Å²) in [5.41, 5.74) is 0.865. The SMILES string of the molecule is CCCNC(=O)c1ccc(OC(C)C)c(C#N)c1. The first-order chi connectivity index (χ1) is 8.58. The molecule has 0 fully saturated rings. The van der Waals surface area contributed by atoms with Gasteiger partial charge in [-0.05, 0) is 38.5 Å². The Morgan fingerprint density at radius 2 is 2.22 bits per heavy atom. The molecule has 0 aromatic heterocycles. The van der Waals surface area contributed by atoms with Gasteiger partial charge in [0, 0.05) is 12.1 Å². The average Bonchev–Trinajstić information content (AvgIpc) is 2.35. The number of carbonyl (C=O) groups excluding carboxylic acids is 1. The van der Waals surface area contributed by atoms with Crippen molar-refractivity contribution in [3.8, 4) is 11.8 Å². The fourth-order valence-electron chi connectivity index (χ4n) is 1.46. The van der Waals surface area contributed by atoms with Gasteiger partial charge in [0.1, 0.15) is 11.8 Å². The van der Waals surface area contributed by atoms with Crippen LogP contribution >= 0.6 is 0 Å². The van der Waals surface area contributed by atoms with E-state index in [9.17, 15) is 4.79 Å². The summed E-state index contributed by atoms with van der Waals surface area (Å²) in [7, 11) is 0. The van der Waals surface area contributed by atoms with E-state index in [1.165, 1.54) is 0 Å². The van der Waals surface area contributed by atoms with Gasteiger partial charge in [0.25, 0.3) is 5.91 Å². The van der Waals surface area contributed by atoms with Crippen molar-refractivity contribution in [3.05, 3.63) is 29.3 Å². The Morgan fingerprint density at radius 3 is 2.78 bits per heavy atom. The fraction of sp³-hybridized carbons (Fsp3) is 0.429. The normalized spacial score (nSPS) is 9.94. The molecule has 0 unspecified atom stereocenters. The minimum atomic E-state index is -0.163. The summed E-state index contributed by atoms with van der Waals surface area (Å²) < 4.78 is 5.50. The van der Waals surface area contributed by atoms with Crippen LogP contribution in [0.3, 0.4) is 0 Å². The van der Waals surface area contributed by atoms with Gasteiger partial charge in [0.2, 0.25) is 0 Å². The van der Waals surface area contributed by atoms with Crippen LogP contribution in [-0.4, -0.2) is 18.6 Å². The molecular weight excluding hydrogens is 228 g/mol. The summed E-state index contributed by atoms with van der Waals surface area (Å²) in [6.07, 6.45) is 0.877. The van der Waals surface area contributed by atoms with Crippen LogP contribution in [0.1, 0.15) is 43.1 Å². The van der Waals surface area contributed by atoms with E-state index >= 15 is 0 Å². The topological polar surface area (TPSA) is 62.1 Å². The Morgan fingerprint density at radius 1 is 1.50 bits per heavy atom. The van der Waals surface area contributed by atoms with Gasteiger partial charge in [-0.25, -0.2) is 0 Å². The first-order valence-electron chi connectivity index (χ1n) is 6.07. The van der Waals surface area contributed by atoms with Gasteiger partial charge in [0.15, 0.2) is 0 Å². The van der Waals surface area contributed by atoms with Crippen molar-refractivity contribution < 1.29 is 9.53 Å². The highest BCUT2D eigenvalue weighted by Crippen LogP contribution is 2.20. The molecule has 0 saturated heterocycles. The van der Waals surface area contributed by atoms with Gasteiger partial charge in [-0.3, -0.25) is 4.79 Å². The van der Waals surface area contributed by atoms with Crippen molar-refractivity contribution in [2.24, 2.45) is 0 Å². The number of ether oxygens (including phenoxy) is 1. The molecule has 18 heavy (non-hydrogen) atoms. The van der Waals surface area contributed by atoms with Crippen LogP contribution in [0.5, 0.6) is 5.75 Å². The standard InChI is InChI=1S/C14H18N2O2/c1-4-7-16-14(17)11-5-6-13(18-10(2)3)12(8-11)9-15/h5-6,8,10H,4,7H2,1-3H3,(H,16,17). The first-order valence-corrected chi connectivity index (χ1v) is 6.07.